The Morgan fingerprint density at radius 2 is 1.96 bits per heavy atom. The molecule has 2 N–H and O–H groups in total. The fourth-order valence-corrected chi connectivity index (χ4v) is 3.49. The number of aliphatic hydroxyl groups excluding tert-OH is 1. The molecule has 0 spiro atoms. The summed E-state index contributed by atoms with van der Waals surface area (Å²) in [6.45, 7) is -1.15. The van der Waals surface area contributed by atoms with E-state index in [1.165, 1.54) is 0 Å². The molecule has 0 saturated heterocycles. The van der Waals surface area contributed by atoms with Gasteiger partial charge in [0.2, 0.25) is 5.88 Å². The van der Waals surface area contributed by atoms with Crippen molar-refractivity contribution in [3.8, 4) is 5.88 Å². The molecule has 2 aromatic rings. The third-order valence-electron chi connectivity index (χ3n) is 3.21. The van der Waals surface area contributed by atoms with Gasteiger partial charge in [-0.25, -0.2) is 31.4 Å². The Labute approximate surface area is 145 Å². The maximum absolute atomic E-state index is 14.4. The summed E-state index contributed by atoms with van der Waals surface area (Å²) >= 11 is 0. The second kappa shape index (κ2) is 7.17. The molecule has 0 aliphatic heterocycles. The lowest BCUT2D eigenvalue weighted by Gasteiger charge is -2.21. The highest BCUT2D eigenvalue weighted by Crippen LogP contribution is 2.32. The van der Waals surface area contributed by atoms with E-state index in [9.17, 15) is 31.5 Å². The van der Waals surface area contributed by atoms with Crippen LogP contribution in [-0.4, -0.2) is 36.8 Å². The average molecular weight is 392 g/mol. The van der Waals surface area contributed by atoms with Crippen LogP contribution in [-0.2, 0) is 16.6 Å². The number of carbonyl (C=O) groups is 1. The number of nitrogens with zero attached hydrogens (tertiary/aromatic N) is 2. The van der Waals surface area contributed by atoms with Crippen molar-refractivity contribution in [1.82, 2.24) is 4.98 Å². The molecular weight excluding hydrogens is 381 g/mol. The molecule has 0 bridgehead atoms. The molecule has 2 rings (SSSR count). The van der Waals surface area contributed by atoms with Crippen molar-refractivity contribution in [2.45, 2.75) is 11.5 Å². The molecule has 0 unspecified atom stereocenters. The number of ether oxygens (including phenoxy) is 1. The van der Waals surface area contributed by atoms with E-state index in [4.69, 9.17) is 5.11 Å². The third-order valence-corrected chi connectivity index (χ3v) is 4.89. The first-order valence-corrected chi connectivity index (χ1v) is 8.14. The molecule has 0 fully saturated rings. The predicted octanol–water partition coefficient (Wildman–Crippen LogP) is 1.87. The molecule has 0 atom stereocenters. The highest BCUT2D eigenvalue weighted by molar-refractivity contribution is 7.93. The van der Waals surface area contributed by atoms with Gasteiger partial charge in [-0.3, -0.25) is 0 Å². The number of hydrogen-bond acceptors (Lipinski definition) is 6. The molecule has 140 valence electrons. The van der Waals surface area contributed by atoms with Crippen molar-refractivity contribution in [2.24, 2.45) is 0 Å². The number of sulfonamides is 1. The first-order valence-electron chi connectivity index (χ1n) is 6.70. The number of pyridine rings is 1. The van der Waals surface area contributed by atoms with Gasteiger partial charge in [-0.1, -0.05) is 0 Å². The number of carboxylic acid groups (broad SMARTS) is 1. The highest BCUT2D eigenvalue weighted by Gasteiger charge is 2.37. The minimum absolute atomic E-state index is 0.431. The Balaban J connectivity index is 2.77. The zero-order chi connectivity index (χ0) is 19.6. The molecule has 1 aromatic heterocycles. The first kappa shape index (κ1) is 19.5. The summed E-state index contributed by atoms with van der Waals surface area (Å²) in [5.74, 6) is -4.57. The van der Waals surface area contributed by atoms with Crippen LogP contribution in [0.2, 0.25) is 0 Å². The van der Waals surface area contributed by atoms with Crippen LogP contribution in [0.3, 0.4) is 0 Å². The van der Waals surface area contributed by atoms with Gasteiger partial charge in [0.15, 0.2) is 10.7 Å². The van der Waals surface area contributed by atoms with Crippen molar-refractivity contribution < 1.29 is 41.3 Å². The van der Waals surface area contributed by atoms with Gasteiger partial charge in [0.1, 0.15) is 17.3 Å². The average Bonchev–Trinajstić information content (AvgIpc) is 2.57. The van der Waals surface area contributed by atoms with Crippen molar-refractivity contribution >= 4 is 21.8 Å². The largest absolute Gasteiger partial charge is 0.480 e. The second-order valence-electron chi connectivity index (χ2n) is 4.73. The van der Waals surface area contributed by atoms with Crippen molar-refractivity contribution in [3.05, 3.63) is 47.4 Å². The zero-order valence-corrected chi connectivity index (χ0v) is 13.8. The summed E-state index contributed by atoms with van der Waals surface area (Å²) in [5.41, 5.74) is -2.03. The van der Waals surface area contributed by atoms with Crippen molar-refractivity contribution in [2.75, 3.05) is 11.4 Å². The fourth-order valence-electron chi connectivity index (χ4n) is 2.07. The number of hydrogen-bond donors (Lipinski definition) is 2. The number of aromatic nitrogens is 1. The van der Waals surface area contributed by atoms with E-state index in [2.05, 4.69) is 9.72 Å². The van der Waals surface area contributed by atoms with E-state index in [0.29, 0.717) is 24.4 Å². The Hall–Kier alpha value is -2.86. The van der Waals surface area contributed by atoms with Crippen LogP contribution in [0, 0.1) is 17.5 Å². The number of aliphatic hydroxyl groups is 1. The van der Waals surface area contributed by atoms with E-state index in [1.807, 2.05) is 0 Å². The molecule has 8 nitrogen and oxygen atoms in total. The SMILES string of the molecule is COc1ncc(F)cc1S(=O)(=O)N(C(=O)O)c1ccc(F)c(CO)c1F. The highest BCUT2D eigenvalue weighted by atomic mass is 32.2. The Morgan fingerprint density at radius 1 is 1.31 bits per heavy atom. The van der Waals surface area contributed by atoms with Gasteiger partial charge in [0.05, 0.1) is 25.5 Å². The molecule has 0 radical (unpaired) electrons. The van der Waals surface area contributed by atoms with Crippen LogP contribution in [0.15, 0.2) is 29.3 Å². The minimum atomic E-state index is -5.12. The molecule has 1 aromatic carbocycles. The lowest BCUT2D eigenvalue weighted by Crippen LogP contribution is -2.37. The summed E-state index contributed by atoms with van der Waals surface area (Å²) in [4.78, 5) is 13.9. The normalized spacial score (nSPS) is 11.3. The lowest BCUT2D eigenvalue weighted by atomic mass is 10.2. The fraction of sp³-hybridized carbons (Fsp3) is 0.143. The summed E-state index contributed by atoms with van der Waals surface area (Å²) < 4.78 is 70.9. The van der Waals surface area contributed by atoms with Gasteiger partial charge >= 0.3 is 6.09 Å². The van der Waals surface area contributed by atoms with Crippen LogP contribution in [0.4, 0.5) is 23.7 Å². The summed E-state index contributed by atoms with van der Waals surface area (Å²) in [7, 11) is -4.11. The van der Waals surface area contributed by atoms with Gasteiger partial charge in [0, 0.05) is 6.07 Å². The molecule has 26 heavy (non-hydrogen) atoms. The van der Waals surface area contributed by atoms with Crippen molar-refractivity contribution in [3.63, 3.8) is 0 Å². The summed E-state index contributed by atoms with van der Waals surface area (Å²) in [5, 5.41) is 18.3. The molecule has 0 saturated carbocycles. The van der Waals surface area contributed by atoms with Gasteiger partial charge in [-0.05, 0) is 12.1 Å². The van der Waals surface area contributed by atoms with Crippen LogP contribution in [0.1, 0.15) is 5.56 Å². The van der Waals surface area contributed by atoms with E-state index in [1.54, 1.807) is 0 Å². The zero-order valence-electron chi connectivity index (χ0n) is 13.0. The maximum Gasteiger partial charge on any atom is 0.426 e. The number of anilines is 1. The number of halogens is 3. The lowest BCUT2D eigenvalue weighted by molar-refractivity contribution is 0.205. The van der Waals surface area contributed by atoms with Crippen LogP contribution >= 0.6 is 0 Å². The number of rotatable bonds is 5. The van der Waals surface area contributed by atoms with Crippen LogP contribution in [0.25, 0.3) is 0 Å². The topological polar surface area (TPSA) is 117 Å². The number of methoxy groups -OCH3 is 1. The monoisotopic (exact) mass is 392 g/mol. The number of amides is 1. The van der Waals surface area contributed by atoms with Gasteiger partial charge < -0.3 is 14.9 Å². The van der Waals surface area contributed by atoms with Crippen LogP contribution in [0.5, 0.6) is 5.88 Å². The molecule has 12 heteroatoms. The minimum Gasteiger partial charge on any atom is -0.480 e. The van der Waals surface area contributed by atoms with Gasteiger partial charge in [0.25, 0.3) is 10.0 Å². The van der Waals surface area contributed by atoms with Crippen LogP contribution < -0.4 is 9.04 Å². The Bertz CT molecular complexity index is 967. The Kier molecular flexibility index (Phi) is 5.37. The second-order valence-corrected chi connectivity index (χ2v) is 6.49. The standard InChI is InChI=1S/C14H11F3N2O6S/c1-25-13-11(4-7(15)5-18-13)26(23,24)19(14(21)22)10-3-2-9(16)8(6-20)12(10)17/h2-5,20H,6H2,1H3,(H,21,22). The van der Waals surface area contributed by atoms with E-state index >= 15 is 0 Å². The number of benzene rings is 1. The van der Waals surface area contributed by atoms with Gasteiger partial charge in [-0.2, -0.15) is 4.31 Å². The summed E-state index contributed by atoms with van der Waals surface area (Å²) in [6, 6.07) is 1.57. The van der Waals surface area contributed by atoms with Crippen molar-refractivity contribution in [1.29, 1.82) is 0 Å². The molecule has 1 heterocycles. The van der Waals surface area contributed by atoms with E-state index in [0.717, 1.165) is 7.11 Å². The molecule has 0 aliphatic carbocycles. The summed E-state index contributed by atoms with van der Waals surface area (Å²) in [6.07, 6.45) is -1.53. The molecular formula is C14H11F3N2O6S. The van der Waals surface area contributed by atoms with E-state index in [-0.39, 0.29) is 0 Å². The van der Waals surface area contributed by atoms with Gasteiger partial charge in [-0.15, -0.1) is 0 Å². The van der Waals surface area contributed by atoms with E-state index < -0.39 is 66.5 Å². The smallest absolute Gasteiger partial charge is 0.426 e. The predicted molar refractivity (Wildman–Crippen MR) is 80.7 cm³/mol. The third kappa shape index (κ3) is 3.28. The first-order chi connectivity index (χ1) is 12.1. The maximum atomic E-state index is 14.4. The quantitative estimate of drug-likeness (QED) is 0.798. The molecule has 1 amide bonds. The molecule has 0 aliphatic rings. The Morgan fingerprint density at radius 3 is 2.50 bits per heavy atom.